The van der Waals surface area contributed by atoms with Crippen LogP contribution in [0.25, 0.3) is 0 Å². The molecule has 6 heteroatoms. The second kappa shape index (κ2) is 9.74. The van der Waals surface area contributed by atoms with Crippen molar-refractivity contribution in [2.75, 3.05) is 13.7 Å². The number of esters is 1. The van der Waals surface area contributed by atoms with Crippen molar-refractivity contribution in [3.63, 3.8) is 0 Å². The van der Waals surface area contributed by atoms with Crippen LogP contribution >= 0.6 is 0 Å². The number of methoxy groups -OCH3 is 1. The van der Waals surface area contributed by atoms with Crippen LogP contribution in [0.5, 0.6) is 17.2 Å². The van der Waals surface area contributed by atoms with Crippen molar-refractivity contribution < 1.29 is 29.6 Å². The molecule has 0 bridgehead atoms. The van der Waals surface area contributed by atoms with Crippen molar-refractivity contribution in [1.29, 1.82) is 0 Å². The van der Waals surface area contributed by atoms with Crippen LogP contribution < -0.4 is 4.74 Å². The molecule has 0 aliphatic rings. The normalized spacial score (nSPS) is 11.2. The topological polar surface area (TPSA) is 96.2 Å². The average molecular weight is 350 g/mol. The van der Waals surface area contributed by atoms with E-state index in [9.17, 15) is 20.1 Å². The number of phenols is 2. The van der Waals surface area contributed by atoms with Gasteiger partial charge in [0.2, 0.25) is 0 Å². The van der Waals surface area contributed by atoms with Gasteiger partial charge in [-0.1, -0.05) is 17.2 Å². The van der Waals surface area contributed by atoms with Gasteiger partial charge in [0.1, 0.15) is 29.4 Å². The standard InChI is InChI=1S/C19H26O6/c1-12(2)6-5-7-13(3)8-9-25-18-14(11-20)15(21)10-16(22)17(18)19(23)24-4/h6,8,10,20-22H,5,7,9,11H2,1-4H3/b13-8+. The maximum atomic E-state index is 11.9. The van der Waals surface area contributed by atoms with E-state index in [0.717, 1.165) is 24.5 Å². The number of benzene rings is 1. The molecule has 0 unspecified atom stereocenters. The highest BCUT2D eigenvalue weighted by molar-refractivity contribution is 5.96. The number of rotatable bonds is 8. The van der Waals surface area contributed by atoms with E-state index in [-0.39, 0.29) is 29.2 Å². The molecule has 0 saturated carbocycles. The average Bonchev–Trinajstić information content (AvgIpc) is 2.53. The third-order valence-electron chi connectivity index (χ3n) is 3.64. The fraction of sp³-hybridized carbons (Fsp3) is 0.421. The lowest BCUT2D eigenvalue weighted by Gasteiger charge is -2.15. The molecule has 0 aromatic heterocycles. The van der Waals surface area contributed by atoms with Crippen LogP contribution in [0, 0.1) is 0 Å². The maximum Gasteiger partial charge on any atom is 0.345 e. The molecule has 1 rings (SSSR count). The molecule has 0 saturated heterocycles. The zero-order chi connectivity index (χ0) is 19.0. The highest BCUT2D eigenvalue weighted by atomic mass is 16.5. The van der Waals surface area contributed by atoms with Crippen molar-refractivity contribution in [3.8, 4) is 17.2 Å². The lowest BCUT2D eigenvalue weighted by atomic mass is 10.1. The Balaban J connectivity index is 3.00. The van der Waals surface area contributed by atoms with Crippen molar-refractivity contribution >= 4 is 5.97 Å². The number of aliphatic hydroxyl groups is 1. The molecule has 6 nitrogen and oxygen atoms in total. The Bertz CT molecular complexity index is 669. The minimum atomic E-state index is -0.813. The first-order valence-electron chi connectivity index (χ1n) is 8.00. The molecule has 1 aromatic carbocycles. The highest BCUT2D eigenvalue weighted by Gasteiger charge is 2.24. The minimum absolute atomic E-state index is 0.0220. The van der Waals surface area contributed by atoms with E-state index >= 15 is 0 Å². The Morgan fingerprint density at radius 3 is 2.40 bits per heavy atom. The summed E-state index contributed by atoms with van der Waals surface area (Å²) in [5, 5.41) is 29.2. The van der Waals surface area contributed by atoms with E-state index in [4.69, 9.17) is 4.74 Å². The third-order valence-corrected chi connectivity index (χ3v) is 3.64. The summed E-state index contributed by atoms with van der Waals surface area (Å²) in [6, 6.07) is 0.977. The van der Waals surface area contributed by atoms with E-state index in [2.05, 4.69) is 10.8 Å². The Morgan fingerprint density at radius 1 is 1.16 bits per heavy atom. The lowest BCUT2D eigenvalue weighted by molar-refractivity contribution is 0.0592. The van der Waals surface area contributed by atoms with Crippen molar-refractivity contribution in [1.82, 2.24) is 0 Å². The molecule has 0 atom stereocenters. The molecule has 0 heterocycles. The summed E-state index contributed by atoms with van der Waals surface area (Å²) in [7, 11) is 1.17. The molecule has 0 fully saturated rings. The summed E-state index contributed by atoms with van der Waals surface area (Å²) >= 11 is 0. The van der Waals surface area contributed by atoms with Gasteiger partial charge in [0.05, 0.1) is 19.3 Å². The number of phenolic OH excluding ortho intramolecular Hbond substituents is 1. The van der Waals surface area contributed by atoms with Gasteiger partial charge in [0.25, 0.3) is 0 Å². The predicted octanol–water partition coefficient (Wildman–Crippen LogP) is 3.45. The quantitative estimate of drug-likeness (QED) is 0.491. The van der Waals surface area contributed by atoms with Gasteiger partial charge in [-0.2, -0.15) is 0 Å². The Hall–Kier alpha value is -2.47. The van der Waals surface area contributed by atoms with E-state index < -0.39 is 18.3 Å². The van der Waals surface area contributed by atoms with Crippen molar-refractivity contribution in [3.05, 3.63) is 40.5 Å². The first-order valence-corrected chi connectivity index (χ1v) is 8.00. The number of carbonyl (C=O) groups excluding carboxylic acids is 1. The summed E-state index contributed by atoms with van der Waals surface area (Å²) in [6.45, 7) is 5.63. The summed E-state index contributed by atoms with van der Waals surface area (Å²) in [6.07, 6.45) is 5.79. The van der Waals surface area contributed by atoms with Gasteiger partial charge in [-0.3, -0.25) is 0 Å². The van der Waals surface area contributed by atoms with Crippen LogP contribution in [0.15, 0.2) is 29.4 Å². The molecule has 138 valence electrons. The van der Waals surface area contributed by atoms with Gasteiger partial charge in [-0.15, -0.1) is 0 Å². The minimum Gasteiger partial charge on any atom is -0.507 e. The largest absolute Gasteiger partial charge is 0.507 e. The number of aromatic hydroxyl groups is 2. The van der Waals surface area contributed by atoms with Crippen LogP contribution in [0.4, 0.5) is 0 Å². The summed E-state index contributed by atoms with van der Waals surface area (Å²) in [5.41, 5.74) is 2.16. The highest BCUT2D eigenvalue weighted by Crippen LogP contribution is 2.38. The summed E-state index contributed by atoms with van der Waals surface area (Å²) in [5.74, 6) is -1.72. The van der Waals surface area contributed by atoms with Gasteiger partial charge >= 0.3 is 5.97 Å². The smallest absolute Gasteiger partial charge is 0.345 e. The molecule has 25 heavy (non-hydrogen) atoms. The van der Waals surface area contributed by atoms with Crippen LogP contribution in [-0.4, -0.2) is 35.0 Å². The SMILES string of the molecule is COC(=O)c1c(O)cc(O)c(CO)c1OC/C=C(\C)CCC=C(C)C. The van der Waals surface area contributed by atoms with Gasteiger partial charge in [-0.25, -0.2) is 4.79 Å². The molecule has 3 N–H and O–H groups in total. The van der Waals surface area contributed by atoms with E-state index in [0.29, 0.717) is 0 Å². The van der Waals surface area contributed by atoms with Crippen LogP contribution in [0.1, 0.15) is 49.5 Å². The van der Waals surface area contributed by atoms with Crippen LogP contribution in [-0.2, 0) is 11.3 Å². The van der Waals surface area contributed by atoms with Gasteiger partial charge in [0.15, 0.2) is 0 Å². The van der Waals surface area contributed by atoms with E-state index in [1.54, 1.807) is 0 Å². The molecule has 0 amide bonds. The predicted molar refractivity (Wildman–Crippen MR) is 95.0 cm³/mol. The molecule has 0 radical (unpaired) electrons. The van der Waals surface area contributed by atoms with Gasteiger partial charge in [-0.05, 0) is 39.7 Å². The fourth-order valence-corrected chi connectivity index (χ4v) is 2.24. The van der Waals surface area contributed by atoms with Gasteiger partial charge < -0.3 is 24.8 Å². The molecule has 1 aromatic rings. The number of hydrogen-bond acceptors (Lipinski definition) is 6. The molecular formula is C19H26O6. The second-order valence-electron chi connectivity index (χ2n) is 5.93. The van der Waals surface area contributed by atoms with Gasteiger partial charge in [0, 0.05) is 6.07 Å². The zero-order valence-electron chi connectivity index (χ0n) is 15.1. The van der Waals surface area contributed by atoms with Crippen molar-refractivity contribution in [2.45, 2.75) is 40.2 Å². The van der Waals surface area contributed by atoms with Crippen LogP contribution in [0.2, 0.25) is 0 Å². The number of ether oxygens (including phenoxy) is 2. The Labute approximate surface area is 148 Å². The molecular weight excluding hydrogens is 324 g/mol. The van der Waals surface area contributed by atoms with Crippen molar-refractivity contribution in [2.24, 2.45) is 0 Å². The Morgan fingerprint density at radius 2 is 1.84 bits per heavy atom. The first kappa shape index (κ1) is 20.6. The zero-order valence-corrected chi connectivity index (χ0v) is 15.1. The summed E-state index contributed by atoms with van der Waals surface area (Å²) in [4.78, 5) is 11.9. The lowest BCUT2D eigenvalue weighted by Crippen LogP contribution is -2.09. The second-order valence-corrected chi connectivity index (χ2v) is 5.93. The third kappa shape index (κ3) is 5.83. The van der Waals surface area contributed by atoms with E-state index in [1.807, 2.05) is 26.8 Å². The maximum absolute atomic E-state index is 11.9. The number of aliphatic hydroxyl groups excluding tert-OH is 1. The number of allylic oxidation sites excluding steroid dienone is 3. The Kier molecular flexibility index (Phi) is 8.01. The number of carbonyl (C=O) groups is 1. The summed E-state index contributed by atoms with van der Waals surface area (Å²) < 4.78 is 10.2. The number of hydrogen-bond donors (Lipinski definition) is 3. The monoisotopic (exact) mass is 350 g/mol. The molecule has 0 spiro atoms. The van der Waals surface area contributed by atoms with Crippen LogP contribution in [0.3, 0.4) is 0 Å². The fourth-order valence-electron chi connectivity index (χ4n) is 2.24. The van der Waals surface area contributed by atoms with E-state index in [1.165, 1.54) is 12.7 Å². The molecule has 0 aliphatic heterocycles. The molecule has 0 aliphatic carbocycles. The first-order chi connectivity index (χ1) is 11.8.